The van der Waals surface area contributed by atoms with Crippen molar-refractivity contribution < 1.29 is 13.9 Å². The third kappa shape index (κ3) is 4.25. The van der Waals surface area contributed by atoms with Crippen LogP contribution in [-0.2, 0) is 22.5 Å². The fourth-order valence-electron chi connectivity index (χ4n) is 2.91. The Balaban J connectivity index is 1.82. The molecule has 4 nitrogen and oxygen atoms in total. The first kappa shape index (κ1) is 17.2. The summed E-state index contributed by atoms with van der Waals surface area (Å²) in [6.45, 7) is 1.63. The Labute approximate surface area is 146 Å². The number of amides is 1. The average Bonchev–Trinajstić information content (AvgIpc) is 2.95. The van der Waals surface area contributed by atoms with E-state index in [0.717, 1.165) is 22.0 Å². The van der Waals surface area contributed by atoms with Crippen molar-refractivity contribution in [3.8, 4) is 0 Å². The highest BCUT2D eigenvalue weighted by Gasteiger charge is 2.12. The number of benzene rings is 2. The fraction of sp³-hybridized carbons (Fsp3) is 0.250. The molecule has 5 heteroatoms. The topological polar surface area (TPSA) is 43.3 Å². The quantitative estimate of drug-likeness (QED) is 0.672. The van der Waals surface area contributed by atoms with Crippen molar-refractivity contribution in [3.05, 3.63) is 71.7 Å². The van der Waals surface area contributed by atoms with E-state index in [1.165, 1.54) is 12.1 Å². The number of hydrogen-bond acceptors (Lipinski definition) is 2. The van der Waals surface area contributed by atoms with Gasteiger partial charge >= 0.3 is 0 Å². The van der Waals surface area contributed by atoms with E-state index in [1.807, 2.05) is 30.5 Å². The van der Waals surface area contributed by atoms with Gasteiger partial charge in [-0.2, -0.15) is 0 Å². The largest absolute Gasteiger partial charge is 0.383 e. The number of hydrogen-bond donors (Lipinski definition) is 1. The van der Waals surface area contributed by atoms with E-state index in [2.05, 4.69) is 9.88 Å². The van der Waals surface area contributed by atoms with Crippen molar-refractivity contribution in [2.45, 2.75) is 13.0 Å². The van der Waals surface area contributed by atoms with Crippen molar-refractivity contribution in [1.29, 1.82) is 0 Å². The van der Waals surface area contributed by atoms with E-state index >= 15 is 0 Å². The number of methoxy groups -OCH3 is 1. The summed E-state index contributed by atoms with van der Waals surface area (Å²) in [5.74, 6) is -0.267. The molecule has 0 unspecified atom stereocenters. The highest BCUT2D eigenvalue weighted by molar-refractivity contribution is 5.89. The van der Waals surface area contributed by atoms with Crippen LogP contribution in [0.15, 0.2) is 54.7 Å². The van der Waals surface area contributed by atoms with Crippen LogP contribution >= 0.6 is 0 Å². The molecule has 0 radical (unpaired) electrons. The van der Waals surface area contributed by atoms with Crippen LogP contribution in [0.25, 0.3) is 10.9 Å². The number of para-hydroxylation sites is 1. The number of halogens is 1. The minimum Gasteiger partial charge on any atom is -0.383 e. The van der Waals surface area contributed by atoms with Gasteiger partial charge in [0.05, 0.1) is 13.0 Å². The predicted octanol–water partition coefficient (Wildman–Crippen LogP) is 3.13. The Hall–Kier alpha value is -2.66. The monoisotopic (exact) mass is 340 g/mol. The molecule has 0 aliphatic carbocycles. The molecule has 130 valence electrons. The SMILES string of the molecule is COCCNC(=O)Cc1cn(Cc2ccc(F)cc2)c2ccccc12. The summed E-state index contributed by atoms with van der Waals surface area (Å²) in [7, 11) is 1.61. The molecule has 1 aromatic heterocycles. The van der Waals surface area contributed by atoms with Gasteiger partial charge in [0.1, 0.15) is 5.82 Å². The molecule has 1 heterocycles. The molecule has 25 heavy (non-hydrogen) atoms. The van der Waals surface area contributed by atoms with Crippen molar-refractivity contribution >= 4 is 16.8 Å². The molecule has 0 atom stereocenters. The number of rotatable bonds is 7. The van der Waals surface area contributed by atoms with Gasteiger partial charge in [0.2, 0.25) is 5.91 Å². The van der Waals surface area contributed by atoms with Gasteiger partial charge in [-0.15, -0.1) is 0 Å². The van der Waals surface area contributed by atoms with E-state index in [1.54, 1.807) is 19.2 Å². The van der Waals surface area contributed by atoms with E-state index in [9.17, 15) is 9.18 Å². The minimum atomic E-state index is -0.241. The average molecular weight is 340 g/mol. The Morgan fingerprint density at radius 3 is 2.68 bits per heavy atom. The van der Waals surface area contributed by atoms with Crippen LogP contribution in [0.4, 0.5) is 4.39 Å². The van der Waals surface area contributed by atoms with Crippen molar-refractivity contribution in [2.75, 3.05) is 20.3 Å². The first-order valence-corrected chi connectivity index (χ1v) is 8.24. The van der Waals surface area contributed by atoms with Gasteiger partial charge in [-0.1, -0.05) is 30.3 Å². The maximum Gasteiger partial charge on any atom is 0.224 e. The fourth-order valence-corrected chi connectivity index (χ4v) is 2.91. The molecule has 2 aromatic carbocycles. The normalized spacial score (nSPS) is 11.0. The third-order valence-corrected chi connectivity index (χ3v) is 4.12. The van der Waals surface area contributed by atoms with E-state index in [4.69, 9.17) is 4.74 Å². The third-order valence-electron chi connectivity index (χ3n) is 4.12. The van der Waals surface area contributed by atoms with Gasteiger partial charge in [0.15, 0.2) is 0 Å². The van der Waals surface area contributed by atoms with Gasteiger partial charge in [0.25, 0.3) is 0 Å². The molecule has 0 bridgehead atoms. The maximum absolute atomic E-state index is 13.1. The number of carbonyl (C=O) groups excluding carboxylic acids is 1. The molecule has 0 saturated carbocycles. The Bertz CT molecular complexity index is 856. The van der Waals surface area contributed by atoms with Crippen molar-refractivity contribution in [2.24, 2.45) is 0 Å². The van der Waals surface area contributed by atoms with Gasteiger partial charge in [-0.3, -0.25) is 4.79 Å². The standard InChI is InChI=1S/C20H21FN2O2/c1-25-11-10-22-20(24)12-16-14-23(19-5-3-2-4-18(16)19)13-15-6-8-17(21)9-7-15/h2-9,14H,10-13H2,1H3,(H,22,24). The molecule has 3 aromatic rings. The second-order valence-electron chi connectivity index (χ2n) is 5.95. The van der Waals surface area contributed by atoms with Crippen LogP contribution in [0.1, 0.15) is 11.1 Å². The molecule has 1 amide bonds. The number of nitrogens with one attached hydrogen (secondary N) is 1. The summed E-state index contributed by atoms with van der Waals surface area (Å²) in [6.07, 6.45) is 2.32. The van der Waals surface area contributed by atoms with Crippen molar-refractivity contribution in [1.82, 2.24) is 9.88 Å². The number of fused-ring (bicyclic) bond motifs is 1. The molecule has 3 rings (SSSR count). The zero-order valence-corrected chi connectivity index (χ0v) is 14.2. The number of nitrogens with zero attached hydrogens (tertiary/aromatic N) is 1. The lowest BCUT2D eigenvalue weighted by molar-refractivity contribution is -0.120. The number of carbonyl (C=O) groups is 1. The molecule has 0 aliphatic rings. The van der Waals surface area contributed by atoms with Crippen LogP contribution < -0.4 is 5.32 Å². The van der Waals surface area contributed by atoms with E-state index in [-0.39, 0.29) is 11.7 Å². The zero-order valence-electron chi connectivity index (χ0n) is 14.2. The Morgan fingerprint density at radius 1 is 1.16 bits per heavy atom. The highest BCUT2D eigenvalue weighted by atomic mass is 19.1. The maximum atomic E-state index is 13.1. The first-order chi connectivity index (χ1) is 12.2. The van der Waals surface area contributed by atoms with Crippen LogP contribution in [0.3, 0.4) is 0 Å². The molecule has 1 N–H and O–H groups in total. The summed E-state index contributed by atoms with van der Waals surface area (Å²) < 4.78 is 20.1. The van der Waals surface area contributed by atoms with E-state index < -0.39 is 0 Å². The molecule has 0 fully saturated rings. The van der Waals surface area contributed by atoms with E-state index in [0.29, 0.717) is 26.1 Å². The lowest BCUT2D eigenvalue weighted by Crippen LogP contribution is -2.28. The second kappa shape index (κ2) is 7.94. The van der Waals surface area contributed by atoms with Crippen molar-refractivity contribution in [3.63, 3.8) is 0 Å². The van der Waals surface area contributed by atoms with Gasteiger partial charge in [-0.05, 0) is 29.3 Å². The van der Waals surface area contributed by atoms with Crippen LogP contribution in [0, 0.1) is 5.82 Å². The van der Waals surface area contributed by atoms with Crippen LogP contribution in [-0.4, -0.2) is 30.7 Å². The van der Waals surface area contributed by atoms with Gasteiger partial charge < -0.3 is 14.6 Å². The molecular formula is C20H21FN2O2. The van der Waals surface area contributed by atoms with Gasteiger partial charge in [0, 0.05) is 37.3 Å². The second-order valence-corrected chi connectivity index (χ2v) is 5.95. The predicted molar refractivity (Wildman–Crippen MR) is 96.0 cm³/mol. The lowest BCUT2D eigenvalue weighted by Gasteiger charge is -2.05. The molecule has 0 aliphatic heterocycles. The zero-order chi connectivity index (χ0) is 17.6. The summed E-state index contributed by atoms with van der Waals surface area (Å²) >= 11 is 0. The summed E-state index contributed by atoms with van der Waals surface area (Å²) in [5, 5.41) is 3.91. The van der Waals surface area contributed by atoms with Gasteiger partial charge in [-0.25, -0.2) is 4.39 Å². The lowest BCUT2D eigenvalue weighted by atomic mass is 10.1. The first-order valence-electron chi connectivity index (χ1n) is 8.24. The molecule has 0 spiro atoms. The van der Waals surface area contributed by atoms with Crippen LogP contribution in [0.5, 0.6) is 0 Å². The molecular weight excluding hydrogens is 319 g/mol. The number of ether oxygens (including phenoxy) is 1. The summed E-state index contributed by atoms with van der Waals surface area (Å²) in [6, 6.07) is 14.5. The summed E-state index contributed by atoms with van der Waals surface area (Å²) in [5.41, 5.74) is 3.05. The van der Waals surface area contributed by atoms with Crippen LogP contribution in [0.2, 0.25) is 0 Å². The smallest absolute Gasteiger partial charge is 0.224 e. The number of aromatic nitrogens is 1. The Kier molecular flexibility index (Phi) is 5.46. The Morgan fingerprint density at radius 2 is 1.92 bits per heavy atom. The highest BCUT2D eigenvalue weighted by Crippen LogP contribution is 2.23. The molecule has 0 saturated heterocycles. The minimum absolute atomic E-state index is 0.0262. The summed E-state index contributed by atoms with van der Waals surface area (Å²) in [4.78, 5) is 12.1.